The van der Waals surface area contributed by atoms with Crippen LogP contribution in [0.25, 0.3) is 0 Å². The van der Waals surface area contributed by atoms with Crippen LogP contribution in [-0.2, 0) is 4.79 Å². The molecule has 0 bridgehead atoms. The smallest absolute Gasteiger partial charge is 0.240 e. The third-order valence-corrected chi connectivity index (χ3v) is 3.90. The van der Waals surface area contributed by atoms with Crippen molar-refractivity contribution in [2.24, 2.45) is 5.73 Å². The number of hydrogen-bond acceptors (Lipinski definition) is 3. The third kappa shape index (κ3) is 1.66. The van der Waals surface area contributed by atoms with Crippen molar-refractivity contribution in [2.45, 2.75) is 43.8 Å². The highest BCUT2D eigenvalue weighted by atomic mass is 16.2. The summed E-state index contributed by atoms with van der Waals surface area (Å²) >= 11 is 0. The number of nitrogens with zero attached hydrogens (tertiary/aromatic N) is 2. The fraction of sp³-hybridized carbons (Fsp3) is 0.909. The Balaban J connectivity index is 1.65. The molecule has 2 aliphatic heterocycles. The van der Waals surface area contributed by atoms with Crippen LogP contribution in [0.3, 0.4) is 0 Å². The van der Waals surface area contributed by atoms with Crippen molar-refractivity contribution < 1.29 is 4.79 Å². The van der Waals surface area contributed by atoms with Gasteiger partial charge in [0.25, 0.3) is 0 Å². The molecular formula is C11H19N3O. The number of likely N-dealkylation sites (tertiary alicyclic amines) is 2. The lowest BCUT2D eigenvalue weighted by Crippen LogP contribution is -2.42. The Morgan fingerprint density at radius 1 is 1.13 bits per heavy atom. The van der Waals surface area contributed by atoms with E-state index >= 15 is 0 Å². The highest BCUT2D eigenvalue weighted by Gasteiger charge is 2.43. The van der Waals surface area contributed by atoms with Crippen molar-refractivity contribution in [3.63, 3.8) is 0 Å². The first-order chi connectivity index (χ1) is 7.25. The van der Waals surface area contributed by atoms with Gasteiger partial charge >= 0.3 is 0 Å². The number of carbonyl (C=O) groups is 1. The van der Waals surface area contributed by atoms with Crippen LogP contribution in [0.1, 0.15) is 25.7 Å². The number of nitrogens with two attached hydrogens (primary N) is 1. The average Bonchev–Trinajstić information content (AvgIpc) is 2.86. The second kappa shape index (κ2) is 3.46. The van der Waals surface area contributed by atoms with Gasteiger partial charge in [-0.25, -0.2) is 0 Å². The van der Waals surface area contributed by atoms with E-state index in [2.05, 4.69) is 9.80 Å². The molecule has 3 aliphatic rings. The van der Waals surface area contributed by atoms with Crippen LogP contribution in [0.2, 0.25) is 0 Å². The van der Waals surface area contributed by atoms with Gasteiger partial charge in [0.1, 0.15) is 0 Å². The Bertz CT molecular complexity index is 277. The molecule has 2 heterocycles. The summed E-state index contributed by atoms with van der Waals surface area (Å²) in [6.45, 7) is 2.89. The van der Waals surface area contributed by atoms with Crippen molar-refractivity contribution in [1.82, 2.24) is 9.80 Å². The predicted octanol–water partition coefficient (Wildman–Crippen LogP) is -0.217. The number of amides is 1. The molecule has 4 nitrogen and oxygen atoms in total. The molecular weight excluding hydrogens is 190 g/mol. The van der Waals surface area contributed by atoms with E-state index in [1.54, 1.807) is 0 Å². The van der Waals surface area contributed by atoms with Crippen LogP contribution in [-0.4, -0.2) is 53.5 Å². The largest absolute Gasteiger partial charge is 0.338 e. The van der Waals surface area contributed by atoms with E-state index in [0.717, 1.165) is 32.5 Å². The minimum absolute atomic E-state index is 0.152. The molecule has 0 radical (unpaired) electrons. The normalized spacial score (nSPS) is 37.9. The molecule has 0 aromatic rings. The standard InChI is InChI=1S/C11H19N3O/c12-8-3-5-13(7-8)10-4-6-14(11(10)15)9-1-2-9/h8-10H,1-7,12H2/t8-,10?/m0/s1. The fourth-order valence-corrected chi connectivity index (χ4v) is 2.87. The molecule has 84 valence electrons. The fourth-order valence-electron chi connectivity index (χ4n) is 2.87. The maximum absolute atomic E-state index is 12.1. The zero-order chi connectivity index (χ0) is 10.4. The monoisotopic (exact) mass is 209 g/mol. The van der Waals surface area contributed by atoms with E-state index in [0.29, 0.717) is 11.9 Å². The third-order valence-electron chi connectivity index (χ3n) is 3.90. The van der Waals surface area contributed by atoms with Crippen LogP contribution >= 0.6 is 0 Å². The lowest BCUT2D eigenvalue weighted by Gasteiger charge is -2.22. The minimum Gasteiger partial charge on any atom is -0.338 e. The molecule has 0 aromatic carbocycles. The van der Waals surface area contributed by atoms with Gasteiger partial charge in [0.2, 0.25) is 5.91 Å². The van der Waals surface area contributed by atoms with Crippen molar-refractivity contribution in [3.8, 4) is 0 Å². The zero-order valence-corrected chi connectivity index (χ0v) is 9.06. The Labute approximate surface area is 90.4 Å². The SMILES string of the molecule is N[C@H]1CCN(C2CCN(C3CC3)C2=O)C1. The number of rotatable bonds is 2. The van der Waals surface area contributed by atoms with Crippen LogP contribution in [0, 0.1) is 0 Å². The Morgan fingerprint density at radius 2 is 1.93 bits per heavy atom. The average molecular weight is 209 g/mol. The molecule has 4 heteroatoms. The summed E-state index contributed by atoms with van der Waals surface area (Å²) in [6, 6.07) is 1.02. The summed E-state index contributed by atoms with van der Waals surface area (Å²) in [6.07, 6.45) is 4.51. The summed E-state index contributed by atoms with van der Waals surface area (Å²) < 4.78 is 0. The molecule has 2 N–H and O–H groups in total. The zero-order valence-electron chi connectivity index (χ0n) is 9.06. The molecule has 1 amide bonds. The highest BCUT2D eigenvalue weighted by Crippen LogP contribution is 2.32. The Morgan fingerprint density at radius 3 is 2.53 bits per heavy atom. The second-order valence-electron chi connectivity index (χ2n) is 5.11. The Hall–Kier alpha value is -0.610. The van der Waals surface area contributed by atoms with Gasteiger partial charge in [-0.05, 0) is 25.7 Å². The molecule has 1 unspecified atom stereocenters. The summed E-state index contributed by atoms with van der Waals surface area (Å²) in [5.74, 6) is 0.367. The summed E-state index contributed by atoms with van der Waals surface area (Å²) in [4.78, 5) is 16.5. The molecule has 0 aromatic heterocycles. The molecule has 2 saturated heterocycles. The van der Waals surface area contributed by atoms with E-state index < -0.39 is 0 Å². The topological polar surface area (TPSA) is 49.6 Å². The van der Waals surface area contributed by atoms with Crippen LogP contribution in [0.15, 0.2) is 0 Å². The van der Waals surface area contributed by atoms with E-state index in [1.165, 1.54) is 12.8 Å². The lowest BCUT2D eigenvalue weighted by molar-refractivity contribution is -0.132. The summed E-state index contributed by atoms with van der Waals surface area (Å²) in [7, 11) is 0. The number of carbonyl (C=O) groups excluding carboxylic acids is 1. The minimum atomic E-state index is 0.152. The molecule has 1 aliphatic carbocycles. The van der Waals surface area contributed by atoms with E-state index in [1.807, 2.05) is 0 Å². The molecule has 0 spiro atoms. The summed E-state index contributed by atoms with van der Waals surface area (Å²) in [5, 5.41) is 0. The predicted molar refractivity (Wildman–Crippen MR) is 57.3 cm³/mol. The molecule has 3 fully saturated rings. The number of hydrogen-bond donors (Lipinski definition) is 1. The lowest BCUT2D eigenvalue weighted by atomic mass is 10.2. The van der Waals surface area contributed by atoms with E-state index in [-0.39, 0.29) is 12.1 Å². The maximum atomic E-state index is 12.1. The quantitative estimate of drug-likeness (QED) is 0.684. The first-order valence-electron chi connectivity index (χ1n) is 6.06. The van der Waals surface area contributed by atoms with Gasteiger partial charge in [0.05, 0.1) is 6.04 Å². The van der Waals surface area contributed by atoms with Crippen molar-refractivity contribution in [3.05, 3.63) is 0 Å². The molecule has 1 saturated carbocycles. The van der Waals surface area contributed by atoms with E-state index in [9.17, 15) is 4.79 Å². The first kappa shape index (κ1) is 9.60. The molecule has 15 heavy (non-hydrogen) atoms. The van der Waals surface area contributed by atoms with Crippen molar-refractivity contribution >= 4 is 5.91 Å². The van der Waals surface area contributed by atoms with Crippen LogP contribution < -0.4 is 5.73 Å². The Kier molecular flexibility index (Phi) is 2.21. The molecule has 2 atom stereocenters. The van der Waals surface area contributed by atoms with Crippen molar-refractivity contribution in [2.75, 3.05) is 19.6 Å². The van der Waals surface area contributed by atoms with Gasteiger partial charge in [0, 0.05) is 31.7 Å². The van der Waals surface area contributed by atoms with Gasteiger partial charge in [-0.15, -0.1) is 0 Å². The van der Waals surface area contributed by atoms with Crippen LogP contribution in [0.4, 0.5) is 0 Å². The van der Waals surface area contributed by atoms with E-state index in [4.69, 9.17) is 5.73 Å². The van der Waals surface area contributed by atoms with Gasteiger partial charge in [-0.1, -0.05) is 0 Å². The van der Waals surface area contributed by atoms with Gasteiger partial charge in [-0.3, -0.25) is 9.69 Å². The molecule has 3 rings (SSSR count). The maximum Gasteiger partial charge on any atom is 0.240 e. The summed E-state index contributed by atoms with van der Waals surface area (Å²) in [5.41, 5.74) is 5.88. The van der Waals surface area contributed by atoms with Crippen LogP contribution in [0.5, 0.6) is 0 Å². The first-order valence-corrected chi connectivity index (χ1v) is 6.06. The highest BCUT2D eigenvalue weighted by molar-refractivity contribution is 5.84. The van der Waals surface area contributed by atoms with Gasteiger partial charge in [0.15, 0.2) is 0 Å². The second-order valence-corrected chi connectivity index (χ2v) is 5.11. The van der Waals surface area contributed by atoms with Crippen molar-refractivity contribution in [1.29, 1.82) is 0 Å². The van der Waals surface area contributed by atoms with Gasteiger partial charge in [-0.2, -0.15) is 0 Å². The van der Waals surface area contributed by atoms with Gasteiger partial charge < -0.3 is 10.6 Å².